The Bertz CT molecular complexity index is 879. The van der Waals surface area contributed by atoms with Gasteiger partial charge in [-0.3, -0.25) is 4.79 Å². The number of piperazine rings is 1. The van der Waals surface area contributed by atoms with Gasteiger partial charge in [-0.05, 0) is 48.2 Å². The molecule has 5 heteroatoms. The van der Waals surface area contributed by atoms with Gasteiger partial charge < -0.3 is 10.2 Å². The summed E-state index contributed by atoms with van der Waals surface area (Å²) >= 11 is 0. The van der Waals surface area contributed by atoms with Crippen molar-refractivity contribution in [1.82, 2.24) is 5.32 Å². The largest absolute Gasteiger partial charge is 0.368 e. The Morgan fingerprint density at radius 2 is 1.76 bits per heavy atom. The van der Waals surface area contributed by atoms with E-state index in [4.69, 9.17) is 0 Å². The lowest BCUT2D eigenvalue weighted by atomic mass is 9.99. The average molecular weight is 335 g/mol. The third kappa shape index (κ3) is 2.46. The van der Waals surface area contributed by atoms with E-state index >= 15 is 0 Å². The predicted octanol–water partition coefficient (Wildman–Crippen LogP) is 3.01. The summed E-state index contributed by atoms with van der Waals surface area (Å²) in [4.78, 5) is 17.9. The topological polar surface area (TPSA) is 44.7 Å². The van der Waals surface area contributed by atoms with Gasteiger partial charge in [0, 0.05) is 42.6 Å². The summed E-state index contributed by atoms with van der Waals surface area (Å²) in [6.07, 6.45) is 3.81. The van der Waals surface area contributed by atoms with Gasteiger partial charge in [0.05, 0.1) is 5.56 Å². The van der Waals surface area contributed by atoms with Crippen LogP contribution in [0.3, 0.4) is 0 Å². The molecule has 0 spiro atoms. The first-order chi connectivity index (χ1) is 12.2. The van der Waals surface area contributed by atoms with Gasteiger partial charge in [0.25, 0.3) is 5.91 Å². The van der Waals surface area contributed by atoms with Gasteiger partial charge in [-0.15, -0.1) is 0 Å². The van der Waals surface area contributed by atoms with Gasteiger partial charge in [0.1, 0.15) is 5.82 Å². The molecular weight excluding hydrogens is 317 g/mol. The van der Waals surface area contributed by atoms with Crippen LogP contribution in [0.25, 0.3) is 11.1 Å². The van der Waals surface area contributed by atoms with Gasteiger partial charge in [-0.25, -0.2) is 9.38 Å². The summed E-state index contributed by atoms with van der Waals surface area (Å²) < 4.78 is 14.2. The molecule has 2 saturated heterocycles. The number of rotatable bonds is 2. The zero-order chi connectivity index (χ0) is 17.0. The predicted molar refractivity (Wildman–Crippen MR) is 95.9 cm³/mol. The van der Waals surface area contributed by atoms with Gasteiger partial charge in [0.2, 0.25) is 0 Å². The molecule has 0 saturated carbocycles. The van der Waals surface area contributed by atoms with Crippen LogP contribution in [0, 0.1) is 5.82 Å². The minimum absolute atomic E-state index is 0.293. The minimum Gasteiger partial charge on any atom is -0.368 e. The fourth-order valence-corrected chi connectivity index (χ4v) is 4.16. The van der Waals surface area contributed by atoms with Crippen molar-refractivity contribution >= 4 is 17.8 Å². The smallest absolute Gasteiger partial charge is 0.277 e. The molecule has 2 atom stereocenters. The Balaban J connectivity index is 1.44. The summed E-state index contributed by atoms with van der Waals surface area (Å²) in [6.45, 7) is 2.07. The van der Waals surface area contributed by atoms with E-state index in [0.29, 0.717) is 28.8 Å². The number of fused-ring (bicyclic) bond motifs is 3. The second kappa shape index (κ2) is 5.49. The number of nitrogens with one attached hydrogen (secondary N) is 1. The third-order valence-electron chi connectivity index (χ3n) is 5.45. The minimum atomic E-state index is -0.398. The fraction of sp³-hybridized carbons (Fsp3) is 0.300. The first-order valence-electron chi connectivity index (χ1n) is 8.71. The number of hydrogen-bond acceptors (Lipinski definition) is 3. The quantitative estimate of drug-likeness (QED) is 0.918. The van der Waals surface area contributed by atoms with E-state index in [1.165, 1.54) is 30.8 Å². The molecule has 3 heterocycles. The van der Waals surface area contributed by atoms with Crippen molar-refractivity contribution in [3.8, 4) is 11.1 Å². The number of halogens is 1. The van der Waals surface area contributed by atoms with Crippen LogP contribution in [-0.2, 0) is 0 Å². The summed E-state index contributed by atoms with van der Waals surface area (Å²) in [5.41, 5.74) is 3.45. The van der Waals surface area contributed by atoms with Crippen molar-refractivity contribution in [2.75, 3.05) is 18.0 Å². The molecule has 0 aliphatic carbocycles. The second-order valence-corrected chi connectivity index (χ2v) is 7.07. The van der Waals surface area contributed by atoms with Gasteiger partial charge in [0.15, 0.2) is 0 Å². The standard InChI is InChI=1S/C20H18FN3O/c21-19-8-13(7-17-18(19)9-22-20(17)25)12-1-5-16(6-2-12)24-10-14-3-4-15(11-24)23-14/h1-2,5-9,14-15,23H,3-4,10-11H2. The zero-order valence-electron chi connectivity index (χ0n) is 13.7. The molecule has 1 N–H and O–H groups in total. The number of aliphatic imine (C=N–C) groups is 1. The van der Waals surface area contributed by atoms with E-state index in [2.05, 4.69) is 27.3 Å². The van der Waals surface area contributed by atoms with Crippen LogP contribution in [0.5, 0.6) is 0 Å². The third-order valence-corrected chi connectivity index (χ3v) is 5.45. The van der Waals surface area contributed by atoms with Crippen LogP contribution in [-0.4, -0.2) is 37.3 Å². The van der Waals surface area contributed by atoms with Crippen molar-refractivity contribution in [1.29, 1.82) is 0 Å². The Morgan fingerprint density at radius 3 is 2.48 bits per heavy atom. The van der Waals surface area contributed by atoms with Crippen LogP contribution in [0.15, 0.2) is 41.4 Å². The lowest BCUT2D eigenvalue weighted by Crippen LogP contribution is -2.51. The van der Waals surface area contributed by atoms with E-state index < -0.39 is 5.82 Å². The Hall–Kier alpha value is -2.53. The molecule has 2 aromatic carbocycles. The van der Waals surface area contributed by atoms with Crippen molar-refractivity contribution in [2.45, 2.75) is 24.9 Å². The fourth-order valence-electron chi connectivity index (χ4n) is 4.16. The average Bonchev–Trinajstić information content (AvgIpc) is 3.17. The maximum atomic E-state index is 14.2. The van der Waals surface area contributed by atoms with E-state index in [1.54, 1.807) is 6.07 Å². The summed E-state index contributed by atoms with van der Waals surface area (Å²) in [5, 5.41) is 3.63. The molecule has 3 aliphatic heterocycles. The lowest BCUT2D eigenvalue weighted by Gasteiger charge is -2.34. The molecule has 4 nitrogen and oxygen atoms in total. The maximum absolute atomic E-state index is 14.2. The Labute approximate surface area is 145 Å². The number of anilines is 1. The molecule has 0 radical (unpaired) electrons. The van der Waals surface area contributed by atoms with Crippen LogP contribution < -0.4 is 10.2 Å². The molecule has 2 aromatic rings. The normalized spacial score (nSPS) is 24.0. The number of hydrogen-bond donors (Lipinski definition) is 1. The maximum Gasteiger partial charge on any atom is 0.277 e. The van der Waals surface area contributed by atoms with Crippen LogP contribution in [0.2, 0.25) is 0 Å². The lowest BCUT2D eigenvalue weighted by molar-refractivity contribution is 0.101. The molecule has 5 rings (SSSR count). The highest BCUT2D eigenvalue weighted by Crippen LogP contribution is 2.30. The van der Waals surface area contributed by atoms with Gasteiger partial charge in [-0.1, -0.05) is 12.1 Å². The molecular formula is C20H18FN3O. The SMILES string of the molecule is O=C1N=Cc2c(F)cc(-c3ccc(N4CC5CCC(C4)N5)cc3)cc21. The molecule has 2 fully saturated rings. The van der Waals surface area contributed by atoms with E-state index in [9.17, 15) is 9.18 Å². The first-order valence-corrected chi connectivity index (χ1v) is 8.71. The van der Waals surface area contributed by atoms with Gasteiger partial charge >= 0.3 is 0 Å². The zero-order valence-corrected chi connectivity index (χ0v) is 13.7. The highest BCUT2D eigenvalue weighted by atomic mass is 19.1. The molecule has 126 valence electrons. The molecule has 3 aliphatic rings. The number of benzene rings is 2. The number of amides is 1. The summed E-state index contributed by atoms with van der Waals surface area (Å²) in [5.74, 6) is -0.770. The highest BCUT2D eigenvalue weighted by molar-refractivity contribution is 6.13. The van der Waals surface area contributed by atoms with Crippen molar-refractivity contribution in [3.05, 3.63) is 53.3 Å². The van der Waals surface area contributed by atoms with E-state index in [1.807, 2.05) is 12.1 Å². The van der Waals surface area contributed by atoms with E-state index in [0.717, 1.165) is 18.7 Å². The van der Waals surface area contributed by atoms with E-state index in [-0.39, 0.29) is 5.91 Å². The van der Waals surface area contributed by atoms with Crippen LogP contribution in [0.4, 0.5) is 10.1 Å². The Morgan fingerprint density at radius 1 is 1.04 bits per heavy atom. The molecule has 2 unspecified atom stereocenters. The Kier molecular flexibility index (Phi) is 3.25. The first kappa shape index (κ1) is 14.8. The van der Waals surface area contributed by atoms with Crippen molar-refractivity contribution < 1.29 is 9.18 Å². The number of carbonyl (C=O) groups is 1. The monoisotopic (exact) mass is 335 g/mol. The second-order valence-electron chi connectivity index (χ2n) is 7.07. The molecule has 1 amide bonds. The summed E-state index contributed by atoms with van der Waals surface area (Å²) in [6, 6.07) is 12.6. The highest BCUT2D eigenvalue weighted by Gasteiger charge is 2.32. The van der Waals surface area contributed by atoms with Crippen molar-refractivity contribution in [2.24, 2.45) is 4.99 Å². The van der Waals surface area contributed by atoms with Crippen LogP contribution in [0.1, 0.15) is 28.8 Å². The summed E-state index contributed by atoms with van der Waals surface area (Å²) in [7, 11) is 0. The number of carbonyl (C=O) groups excluding carboxylic acids is 1. The molecule has 2 bridgehead atoms. The number of nitrogens with zero attached hydrogens (tertiary/aromatic N) is 2. The van der Waals surface area contributed by atoms with Crippen LogP contribution >= 0.6 is 0 Å². The van der Waals surface area contributed by atoms with Gasteiger partial charge in [-0.2, -0.15) is 0 Å². The van der Waals surface area contributed by atoms with Crippen molar-refractivity contribution in [3.63, 3.8) is 0 Å². The molecule has 25 heavy (non-hydrogen) atoms. The molecule has 0 aromatic heterocycles.